The van der Waals surface area contributed by atoms with Gasteiger partial charge >= 0.3 is 11.9 Å². The molecule has 1 atom stereocenters. The van der Waals surface area contributed by atoms with Gasteiger partial charge in [0.25, 0.3) is 5.56 Å². The number of carbonyl (C=O) groups excluding carboxylic acids is 1. The van der Waals surface area contributed by atoms with Gasteiger partial charge in [-0.25, -0.2) is 0 Å². The third kappa shape index (κ3) is 4.68. The molecule has 0 saturated heterocycles. The number of hydrogen-bond donors (Lipinski definition) is 2. The van der Waals surface area contributed by atoms with Crippen molar-refractivity contribution in [3.8, 4) is 17.2 Å². The first-order chi connectivity index (χ1) is 13.7. The molecule has 0 aliphatic carbocycles. The van der Waals surface area contributed by atoms with E-state index in [4.69, 9.17) is 19.3 Å². The third-order valence-electron chi connectivity index (χ3n) is 4.58. The Bertz CT molecular complexity index is 979. The number of aliphatic carboxylic acids is 1. The number of hydrogen-bond acceptors (Lipinski definition) is 7. The van der Waals surface area contributed by atoms with Crippen LogP contribution in [0.3, 0.4) is 0 Å². The fourth-order valence-electron chi connectivity index (χ4n) is 3.15. The average molecular weight is 405 g/mol. The molecular formula is C20H23NO8. The number of carboxylic acids is 1. The van der Waals surface area contributed by atoms with Gasteiger partial charge in [-0.1, -0.05) is 6.07 Å². The van der Waals surface area contributed by atoms with E-state index in [1.165, 1.54) is 34.3 Å². The average Bonchev–Trinajstić information content (AvgIpc) is 2.69. The Morgan fingerprint density at radius 3 is 2.38 bits per heavy atom. The molecule has 0 spiro atoms. The minimum Gasteiger partial charge on any atom is -0.507 e. The molecule has 156 valence electrons. The van der Waals surface area contributed by atoms with Crippen LogP contribution in [0.25, 0.3) is 0 Å². The van der Waals surface area contributed by atoms with E-state index in [1.807, 2.05) is 0 Å². The fourth-order valence-corrected chi connectivity index (χ4v) is 3.15. The molecule has 1 aromatic carbocycles. The van der Waals surface area contributed by atoms with Gasteiger partial charge in [-0.15, -0.1) is 0 Å². The predicted molar refractivity (Wildman–Crippen MR) is 103 cm³/mol. The van der Waals surface area contributed by atoms with Crippen LogP contribution >= 0.6 is 0 Å². The van der Waals surface area contributed by atoms with E-state index >= 15 is 0 Å². The minimum absolute atomic E-state index is 0.120. The molecule has 0 saturated carbocycles. The maximum Gasteiger partial charge on any atom is 0.323 e. The maximum absolute atomic E-state index is 13.1. The van der Waals surface area contributed by atoms with Crippen LogP contribution in [-0.4, -0.2) is 48.0 Å². The van der Waals surface area contributed by atoms with Crippen molar-refractivity contribution >= 4 is 11.9 Å². The summed E-state index contributed by atoms with van der Waals surface area (Å²) in [7, 11) is 4.12. The van der Waals surface area contributed by atoms with E-state index < -0.39 is 30.0 Å². The van der Waals surface area contributed by atoms with Gasteiger partial charge in [0.1, 0.15) is 23.8 Å². The highest BCUT2D eigenvalue weighted by atomic mass is 16.5. The van der Waals surface area contributed by atoms with Crippen molar-refractivity contribution in [1.29, 1.82) is 0 Å². The van der Waals surface area contributed by atoms with Crippen molar-refractivity contribution in [2.75, 3.05) is 21.3 Å². The number of carboxylic acid groups (broad SMARTS) is 1. The molecule has 0 aliphatic rings. The van der Waals surface area contributed by atoms with Crippen LogP contribution in [0.1, 0.15) is 29.2 Å². The van der Waals surface area contributed by atoms with E-state index in [2.05, 4.69) is 0 Å². The number of nitrogens with zero attached hydrogens (tertiary/aromatic N) is 1. The monoisotopic (exact) mass is 405 g/mol. The molecule has 0 amide bonds. The number of carbonyl (C=O) groups is 2. The number of ether oxygens (including phenoxy) is 3. The molecule has 2 aromatic rings. The fraction of sp³-hybridized carbons (Fsp3) is 0.350. The van der Waals surface area contributed by atoms with E-state index in [-0.39, 0.29) is 23.4 Å². The summed E-state index contributed by atoms with van der Waals surface area (Å²) in [4.78, 5) is 36.3. The van der Waals surface area contributed by atoms with E-state index in [0.29, 0.717) is 17.1 Å². The maximum atomic E-state index is 13.1. The van der Waals surface area contributed by atoms with Gasteiger partial charge in [-0.3, -0.25) is 14.4 Å². The minimum atomic E-state index is -1.21. The van der Waals surface area contributed by atoms with Gasteiger partial charge in [0, 0.05) is 23.2 Å². The lowest BCUT2D eigenvalue weighted by Gasteiger charge is -2.22. The smallest absolute Gasteiger partial charge is 0.323 e. The zero-order chi connectivity index (χ0) is 21.7. The Hall–Kier alpha value is -3.49. The molecule has 9 heteroatoms. The molecule has 0 radical (unpaired) electrons. The molecule has 9 nitrogen and oxygen atoms in total. The van der Waals surface area contributed by atoms with Crippen molar-refractivity contribution in [2.24, 2.45) is 0 Å². The quantitative estimate of drug-likeness (QED) is 0.636. The van der Waals surface area contributed by atoms with Gasteiger partial charge in [-0.05, 0) is 19.1 Å². The molecule has 0 fully saturated rings. The Morgan fingerprint density at radius 1 is 1.14 bits per heavy atom. The number of rotatable bonds is 8. The lowest BCUT2D eigenvalue weighted by molar-refractivity contribution is -0.141. The van der Waals surface area contributed by atoms with Crippen molar-refractivity contribution in [2.45, 2.75) is 25.8 Å². The highest BCUT2D eigenvalue weighted by Gasteiger charge is 2.29. The standard InChI is InChI=1S/C20H23NO8/c1-11-7-15(22)19(20(26)21(11)10-17(23)24)14(9-18(25)29-4)13-6-5-12(27-2)8-16(13)28-3/h5-8,14,22H,9-10H2,1-4H3,(H,23,24)/t14-/m0/s1. The Labute approximate surface area is 167 Å². The number of pyridine rings is 1. The zero-order valence-corrected chi connectivity index (χ0v) is 16.6. The molecule has 0 aliphatic heterocycles. The second-order valence-corrected chi connectivity index (χ2v) is 6.31. The lowest BCUT2D eigenvalue weighted by Crippen LogP contribution is -2.31. The Morgan fingerprint density at radius 2 is 1.83 bits per heavy atom. The van der Waals surface area contributed by atoms with Crippen molar-refractivity contribution in [1.82, 2.24) is 4.57 Å². The molecule has 0 bridgehead atoms. The van der Waals surface area contributed by atoms with Crippen LogP contribution in [0.2, 0.25) is 0 Å². The van der Waals surface area contributed by atoms with E-state index in [9.17, 15) is 19.5 Å². The SMILES string of the molecule is COC(=O)C[C@@H](c1ccc(OC)cc1OC)c1c(O)cc(C)n(CC(=O)O)c1=O. The largest absolute Gasteiger partial charge is 0.507 e. The topological polar surface area (TPSA) is 124 Å². The molecule has 2 rings (SSSR count). The summed E-state index contributed by atoms with van der Waals surface area (Å²) in [5, 5.41) is 19.7. The molecule has 2 N–H and O–H groups in total. The second-order valence-electron chi connectivity index (χ2n) is 6.31. The summed E-state index contributed by atoms with van der Waals surface area (Å²) in [5.74, 6) is -2.27. The van der Waals surface area contributed by atoms with Gasteiger partial charge in [0.15, 0.2) is 0 Å². The van der Waals surface area contributed by atoms with Gasteiger partial charge in [-0.2, -0.15) is 0 Å². The van der Waals surface area contributed by atoms with Crippen molar-refractivity contribution in [3.63, 3.8) is 0 Å². The second kappa shape index (κ2) is 9.13. The summed E-state index contributed by atoms with van der Waals surface area (Å²) >= 11 is 0. The van der Waals surface area contributed by atoms with Crippen molar-refractivity contribution < 1.29 is 34.0 Å². The summed E-state index contributed by atoms with van der Waals surface area (Å²) in [6.07, 6.45) is -0.266. The van der Waals surface area contributed by atoms with Gasteiger partial charge < -0.3 is 29.0 Å². The van der Waals surface area contributed by atoms with E-state index in [1.54, 1.807) is 18.2 Å². The first-order valence-electron chi connectivity index (χ1n) is 8.67. The normalized spacial score (nSPS) is 11.6. The van der Waals surface area contributed by atoms with Crippen LogP contribution in [0, 0.1) is 6.92 Å². The van der Waals surface area contributed by atoms with Crippen LogP contribution in [0.15, 0.2) is 29.1 Å². The highest BCUT2D eigenvalue weighted by Crippen LogP contribution is 2.38. The van der Waals surface area contributed by atoms with Crippen LogP contribution < -0.4 is 15.0 Å². The Balaban J connectivity index is 2.77. The number of benzene rings is 1. The van der Waals surface area contributed by atoms with Crippen molar-refractivity contribution in [3.05, 3.63) is 51.4 Å². The Kier molecular flexibility index (Phi) is 6.87. The van der Waals surface area contributed by atoms with Gasteiger partial charge in [0.2, 0.25) is 0 Å². The van der Waals surface area contributed by atoms with Gasteiger partial charge in [0.05, 0.1) is 33.3 Å². The molecule has 0 unspecified atom stereocenters. The predicted octanol–water partition coefficient (Wildman–Crippen LogP) is 1.66. The summed E-state index contributed by atoms with van der Waals surface area (Å²) in [6, 6.07) is 6.12. The summed E-state index contributed by atoms with van der Waals surface area (Å²) < 4.78 is 16.3. The zero-order valence-electron chi connectivity index (χ0n) is 16.6. The van der Waals surface area contributed by atoms with Crippen LogP contribution in [0.4, 0.5) is 0 Å². The number of aromatic nitrogens is 1. The highest BCUT2D eigenvalue weighted by molar-refractivity contribution is 5.72. The van der Waals surface area contributed by atoms with Crippen LogP contribution in [-0.2, 0) is 20.9 Å². The molecule has 1 aromatic heterocycles. The van der Waals surface area contributed by atoms with E-state index in [0.717, 1.165) is 4.57 Å². The summed E-state index contributed by atoms with van der Waals surface area (Å²) in [5.41, 5.74) is -0.114. The molecule has 1 heterocycles. The van der Waals surface area contributed by atoms with Crippen LogP contribution in [0.5, 0.6) is 17.2 Å². The number of aryl methyl sites for hydroxylation is 1. The molecular weight excluding hydrogens is 382 g/mol. The third-order valence-corrected chi connectivity index (χ3v) is 4.58. The first kappa shape index (κ1) is 21.8. The first-order valence-corrected chi connectivity index (χ1v) is 8.67. The molecule has 29 heavy (non-hydrogen) atoms. The number of esters is 1. The summed E-state index contributed by atoms with van der Waals surface area (Å²) in [6.45, 7) is 0.930. The lowest BCUT2D eigenvalue weighted by atomic mass is 9.87. The number of methoxy groups -OCH3 is 3. The number of aromatic hydroxyl groups is 1.